The number of imide groups is 2. The van der Waals surface area contributed by atoms with Crippen molar-refractivity contribution in [2.45, 2.75) is 0 Å². The monoisotopic (exact) mass is 440 g/mol. The van der Waals surface area contributed by atoms with E-state index in [9.17, 15) is 19.2 Å². The minimum Gasteiger partial charge on any atom is -0.376 e. The number of carbonyl (C=O) groups excluding carboxylic acids is 4. The molecule has 6 rings (SSSR count). The summed E-state index contributed by atoms with van der Waals surface area (Å²) < 4.78 is 10.7. The molecule has 2 saturated carbocycles. The number of rotatable bonds is 10. The van der Waals surface area contributed by atoms with Crippen LogP contribution in [0.5, 0.6) is 0 Å². The highest BCUT2D eigenvalue weighted by molar-refractivity contribution is 6.09. The summed E-state index contributed by atoms with van der Waals surface area (Å²) in [7, 11) is 0. The molecule has 0 radical (unpaired) electrons. The largest absolute Gasteiger partial charge is 0.376 e. The maximum Gasteiger partial charge on any atom is 0.233 e. The van der Waals surface area contributed by atoms with Crippen LogP contribution in [-0.2, 0) is 28.7 Å². The second kappa shape index (κ2) is 8.08. The number of ether oxygens (including phenoxy) is 2. The summed E-state index contributed by atoms with van der Waals surface area (Å²) in [6.45, 7) is 8.89. The molecule has 8 atom stereocenters. The van der Waals surface area contributed by atoms with E-state index in [1.165, 1.54) is 9.80 Å². The predicted molar refractivity (Wildman–Crippen MR) is 113 cm³/mol. The average molecular weight is 440 g/mol. The molecular formula is C24H28N2O6. The van der Waals surface area contributed by atoms with Crippen LogP contribution in [0.3, 0.4) is 0 Å². The van der Waals surface area contributed by atoms with Gasteiger partial charge in [-0.2, -0.15) is 0 Å². The highest BCUT2D eigenvalue weighted by Crippen LogP contribution is 2.68. The first kappa shape index (κ1) is 21.3. The van der Waals surface area contributed by atoms with Crippen molar-refractivity contribution in [2.75, 3.05) is 39.5 Å². The standard InChI is InChI=1S/C24H28N2O6/c1-3-9-31-11-7-25-21(27)17-13-5-6-14(18(17)22(25)28)16-15(13)19-20(16)24(30)26(23(19)29)8-12-32-10-4-2/h3-6,13-20H,1-2,7-12H2/t13-,14+,15-,16-,17+,18-,19-,20-/m0/s1. The van der Waals surface area contributed by atoms with Gasteiger partial charge in [0.15, 0.2) is 0 Å². The van der Waals surface area contributed by atoms with Crippen molar-refractivity contribution < 1.29 is 28.7 Å². The van der Waals surface area contributed by atoms with Crippen LogP contribution in [0.25, 0.3) is 0 Å². The Hall–Kier alpha value is -2.58. The molecule has 2 saturated heterocycles. The third kappa shape index (κ3) is 2.82. The quantitative estimate of drug-likeness (QED) is 0.281. The lowest BCUT2D eigenvalue weighted by Gasteiger charge is -2.60. The van der Waals surface area contributed by atoms with Crippen LogP contribution in [0.2, 0.25) is 0 Å². The molecule has 2 heterocycles. The van der Waals surface area contributed by atoms with E-state index in [4.69, 9.17) is 9.47 Å². The molecule has 4 fully saturated rings. The zero-order chi connectivity index (χ0) is 22.6. The number of hydrogen-bond donors (Lipinski definition) is 0. The number of carbonyl (C=O) groups is 4. The molecule has 0 aromatic rings. The van der Waals surface area contributed by atoms with E-state index >= 15 is 0 Å². The van der Waals surface area contributed by atoms with Crippen molar-refractivity contribution >= 4 is 23.6 Å². The summed E-state index contributed by atoms with van der Waals surface area (Å²) in [5.74, 6) is -2.79. The first-order valence-electron chi connectivity index (χ1n) is 11.3. The highest BCUT2D eigenvalue weighted by Gasteiger charge is 2.74. The smallest absolute Gasteiger partial charge is 0.233 e. The Morgan fingerprint density at radius 2 is 1.06 bits per heavy atom. The molecule has 2 aliphatic heterocycles. The number of amides is 4. The van der Waals surface area contributed by atoms with Crippen LogP contribution in [0.15, 0.2) is 37.5 Å². The van der Waals surface area contributed by atoms with Gasteiger partial charge in [0, 0.05) is 0 Å². The molecule has 6 aliphatic rings. The van der Waals surface area contributed by atoms with Crippen LogP contribution in [0, 0.1) is 47.3 Å². The van der Waals surface area contributed by atoms with Gasteiger partial charge in [0.2, 0.25) is 23.6 Å². The van der Waals surface area contributed by atoms with Crippen molar-refractivity contribution in [1.82, 2.24) is 9.80 Å². The van der Waals surface area contributed by atoms with Gasteiger partial charge in [-0.15, -0.1) is 13.2 Å². The average Bonchev–Trinajstić information content (AvgIpc) is 3.14. The van der Waals surface area contributed by atoms with Crippen LogP contribution < -0.4 is 0 Å². The van der Waals surface area contributed by atoms with Gasteiger partial charge in [0.05, 0.1) is 63.2 Å². The van der Waals surface area contributed by atoms with Crippen LogP contribution in [0.4, 0.5) is 0 Å². The maximum absolute atomic E-state index is 13.2. The Morgan fingerprint density at radius 1 is 0.688 bits per heavy atom. The van der Waals surface area contributed by atoms with Crippen molar-refractivity contribution in [1.29, 1.82) is 0 Å². The lowest BCUT2D eigenvalue weighted by molar-refractivity contribution is -0.166. The van der Waals surface area contributed by atoms with Crippen molar-refractivity contribution in [3.63, 3.8) is 0 Å². The van der Waals surface area contributed by atoms with Gasteiger partial charge in [-0.05, 0) is 23.7 Å². The number of likely N-dealkylation sites (tertiary alicyclic amines) is 2. The number of fused-ring (bicyclic) bond motifs is 1. The first-order chi connectivity index (χ1) is 15.5. The lowest BCUT2D eigenvalue weighted by Crippen LogP contribution is -2.63. The molecule has 0 aromatic carbocycles. The number of allylic oxidation sites excluding steroid dienone is 2. The molecule has 8 nitrogen and oxygen atoms in total. The zero-order valence-electron chi connectivity index (χ0n) is 17.9. The summed E-state index contributed by atoms with van der Waals surface area (Å²) in [4.78, 5) is 55.2. The maximum atomic E-state index is 13.2. The molecule has 2 bridgehead atoms. The summed E-state index contributed by atoms with van der Waals surface area (Å²) >= 11 is 0. The second-order valence-electron chi connectivity index (χ2n) is 9.18. The molecule has 0 unspecified atom stereocenters. The molecule has 4 amide bonds. The van der Waals surface area contributed by atoms with Gasteiger partial charge < -0.3 is 9.47 Å². The molecule has 0 aromatic heterocycles. The Kier molecular flexibility index (Phi) is 5.37. The van der Waals surface area contributed by atoms with Crippen LogP contribution >= 0.6 is 0 Å². The van der Waals surface area contributed by atoms with Gasteiger partial charge in [-0.3, -0.25) is 29.0 Å². The van der Waals surface area contributed by atoms with E-state index in [1.54, 1.807) is 12.2 Å². The predicted octanol–water partition coefficient (Wildman–Crippen LogP) is 0.656. The molecule has 170 valence electrons. The summed E-state index contributed by atoms with van der Waals surface area (Å²) in [6, 6.07) is 0. The van der Waals surface area contributed by atoms with E-state index < -0.39 is 23.7 Å². The summed E-state index contributed by atoms with van der Waals surface area (Å²) in [6.07, 6.45) is 7.27. The van der Waals surface area contributed by atoms with Gasteiger partial charge in [-0.25, -0.2) is 0 Å². The fourth-order valence-corrected chi connectivity index (χ4v) is 6.81. The molecule has 0 spiro atoms. The first-order valence-corrected chi connectivity index (χ1v) is 11.3. The van der Waals surface area contributed by atoms with Crippen LogP contribution in [-0.4, -0.2) is 72.9 Å². The summed E-state index contributed by atoms with van der Waals surface area (Å²) in [5, 5.41) is 0. The van der Waals surface area contributed by atoms with E-state index in [2.05, 4.69) is 13.2 Å². The second-order valence-corrected chi connectivity index (χ2v) is 9.18. The van der Waals surface area contributed by atoms with Crippen LogP contribution in [0.1, 0.15) is 0 Å². The third-order valence-electron chi connectivity index (χ3n) is 7.92. The Balaban J connectivity index is 1.33. The normalized spacial score (nSPS) is 38.6. The van der Waals surface area contributed by atoms with Gasteiger partial charge in [-0.1, -0.05) is 24.3 Å². The van der Waals surface area contributed by atoms with Crippen molar-refractivity contribution in [3.05, 3.63) is 37.5 Å². The van der Waals surface area contributed by atoms with E-state index in [0.29, 0.717) is 13.2 Å². The lowest BCUT2D eigenvalue weighted by atomic mass is 9.40. The third-order valence-corrected chi connectivity index (χ3v) is 7.92. The van der Waals surface area contributed by atoms with Crippen molar-refractivity contribution in [3.8, 4) is 0 Å². The number of hydrogen-bond acceptors (Lipinski definition) is 6. The molecule has 32 heavy (non-hydrogen) atoms. The SMILES string of the molecule is C=CCOCCN1C(=O)[C@@H]2[C@@H](C1=O)[C@H]1[C@H]3C=C[C@H]([C@H]4C(=O)N(CCOCC=C)C(=O)[C@@H]34)[C@H]21. The van der Waals surface area contributed by atoms with E-state index in [-0.39, 0.29) is 73.6 Å². The topological polar surface area (TPSA) is 93.2 Å². The number of nitrogens with zero attached hydrogens (tertiary/aromatic N) is 2. The van der Waals surface area contributed by atoms with E-state index in [1.807, 2.05) is 12.2 Å². The van der Waals surface area contributed by atoms with Gasteiger partial charge in [0.25, 0.3) is 0 Å². The highest BCUT2D eigenvalue weighted by atomic mass is 16.5. The Morgan fingerprint density at radius 3 is 1.44 bits per heavy atom. The summed E-state index contributed by atoms with van der Waals surface area (Å²) in [5.41, 5.74) is 0. The van der Waals surface area contributed by atoms with E-state index in [0.717, 1.165) is 0 Å². The Bertz CT molecular complexity index is 856. The van der Waals surface area contributed by atoms with Crippen molar-refractivity contribution in [2.24, 2.45) is 47.3 Å². The fourth-order valence-electron chi connectivity index (χ4n) is 6.81. The zero-order valence-corrected chi connectivity index (χ0v) is 17.9. The molecular weight excluding hydrogens is 412 g/mol. The molecule has 0 N–H and O–H groups in total. The molecule has 4 aliphatic carbocycles. The molecule has 8 heteroatoms. The minimum absolute atomic E-state index is 0.0551. The van der Waals surface area contributed by atoms with Gasteiger partial charge >= 0.3 is 0 Å². The Labute approximate surface area is 186 Å². The van der Waals surface area contributed by atoms with Gasteiger partial charge in [0.1, 0.15) is 0 Å². The fraction of sp³-hybridized carbons (Fsp3) is 0.583. The minimum atomic E-state index is -0.438.